The highest BCUT2D eigenvalue weighted by Crippen LogP contribution is 2.31. The summed E-state index contributed by atoms with van der Waals surface area (Å²) in [6, 6.07) is 1.61. The fourth-order valence-electron chi connectivity index (χ4n) is 2.91. The second kappa shape index (κ2) is 6.08. The van der Waals surface area contributed by atoms with Crippen molar-refractivity contribution in [2.45, 2.75) is 39.3 Å². The highest BCUT2D eigenvalue weighted by atomic mass is 16.5. The summed E-state index contributed by atoms with van der Waals surface area (Å²) in [5.74, 6) is 0.401. The average molecular weight is 315 g/mol. The van der Waals surface area contributed by atoms with Gasteiger partial charge in [-0.05, 0) is 33.3 Å². The molecule has 1 N–H and O–H groups in total. The molecule has 0 bridgehead atoms. The maximum Gasteiger partial charge on any atom is 0.270 e. The van der Waals surface area contributed by atoms with E-state index in [1.165, 1.54) is 0 Å². The normalized spacial score (nSPS) is 20.7. The second-order valence-electron chi connectivity index (χ2n) is 5.91. The number of nitrogens with one attached hydrogen (secondary N) is 1. The minimum absolute atomic E-state index is 0.0824. The van der Waals surface area contributed by atoms with Gasteiger partial charge in [-0.3, -0.25) is 9.48 Å². The monoisotopic (exact) mass is 315 g/mol. The maximum absolute atomic E-state index is 12.5. The van der Waals surface area contributed by atoms with Crippen LogP contribution in [0.15, 0.2) is 12.3 Å². The van der Waals surface area contributed by atoms with Crippen LogP contribution in [-0.4, -0.2) is 38.3 Å². The molecule has 0 radical (unpaired) electrons. The van der Waals surface area contributed by atoms with E-state index in [2.05, 4.69) is 20.4 Å². The third-order valence-corrected chi connectivity index (χ3v) is 4.19. The number of aryl methyl sites for hydroxylation is 3. The maximum atomic E-state index is 12.5. The Bertz CT molecular complexity index is 720. The molecule has 1 amide bonds. The Morgan fingerprint density at radius 1 is 1.35 bits per heavy atom. The summed E-state index contributed by atoms with van der Waals surface area (Å²) in [6.45, 7) is 6.25. The highest BCUT2D eigenvalue weighted by Gasteiger charge is 2.33. The molecule has 7 nitrogen and oxygen atoms in total. The van der Waals surface area contributed by atoms with E-state index < -0.39 is 0 Å². The lowest BCUT2D eigenvalue weighted by Crippen LogP contribution is -2.37. The number of hydrogen-bond acceptors (Lipinski definition) is 5. The van der Waals surface area contributed by atoms with Crippen molar-refractivity contribution in [2.24, 2.45) is 7.05 Å². The Balaban J connectivity index is 1.78. The third kappa shape index (κ3) is 3.10. The molecule has 3 heterocycles. The minimum atomic E-state index is -0.194. The Labute approximate surface area is 135 Å². The minimum Gasteiger partial charge on any atom is -0.371 e. The van der Waals surface area contributed by atoms with Gasteiger partial charge in [0.1, 0.15) is 17.6 Å². The van der Waals surface area contributed by atoms with Gasteiger partial charge in [0.05, 0.1) is 12.2 Å². The van der Waals surface area contributed by atoms with Gasteiger partial charge in [-0.25, -0.2) is 9.97 Å². The fourth-order valence-corrected chi connectivity index (χ4v) is 2.91. The Morgan fingerprint density at radius 3 is 2.78 bits per heavy atom. The molecule has 3 rings (SSSR count). The molecule has 1 aliphatic rings. The highest BCUT2D eigenvalue weighted by molar-refractivity contribution is 5.92. The zero-order valence-electron chi connectivity index (χ0n) is 13.8. The van der Waals surface area contributed by atoms with Gasteiger partial charge in [-0.1, -0.05) is 0 Å². The molecular formula is C16H21N5O2. The summed E-state index contributed by atoms with van der Waals surface area (Å²) in [7, 11) is 1.90. The van der Waals surface area contributed by atoms with Crippen molar-refractivity contribution in [2.75, 3.05) is 6.61 Å². The Kier molecular flexibility index (Phi) is 4.12. The zero-order valence-corrected chi connectivity index (χ0v) is 13.8. The first kappa shape index (κ1) is 15.6. The van der Waals surface area contributed by atoms with Crippen LogP contribution >= 0.6 is 0 Å². The van der Waals surface area contributed by atoms with Crippen LogP contribution < -0.4 is 5.32 Å². The van der Waals surface area contributed by atoms with E-state index in [9.17, 15) is 4.79 Å². The molecule has 2 aromatic rings. The molecule has 122 valence electrons. The molecule has 0 unspecified atom stereocenters. The molecule has 2 aromatic heterocycles. The molecule has 0 spiro atoms. The molecule has 7 heteroatoms. The third-order valence-electron chi connectivity index (χ3n) is 4.19. The lowest BCUT2D eigenvalue weighted by molar-refractivity contribution is 0.0815. The summed E-state index contributed by atoms with van der Waals surface area (Å²) in [5.41, 5.74) is 3.24. The van der Waals surface area contributed by atoms with E-state index >= 15 is 0 Å². The van der Waals surface area contributed by atoms with Crippen molar-refractivity contribution in [1.82, 2.24) is 25.1 Å². The van der Waals surface area contributed by atoms with Gasteiger partial charge < -0.3 is 10.1 Å². The topological polar surface area (TPSA) is 81.9 Å². The van der Waals surface area contributed by atoms with Crippen LogP contribution in [0.3, 0.4) is 0 Å². The molecule has 1 fully saturated rings. The molecular weight excluding hydrogens is 294 g/mol. The number of ether oxygens (including phenoxy) is 1. The quantitative estimate of drug-likeness (QED) is 0.925. The van der Waals surface area contributed by atoms with E-state index in [4.69, 9.17) is 4.74 Å². The van der Waals surface area contributed by atoms with E-state index in [1.54, 1.807) is 13.0 Å². The van der Waals surface area contributed by atoms with E-state index in [0.29, 0.717) is 18.1 Å². The zero-order chi connectivity index (χ0) is 16.6. The second-order valence-corrected chi connectivity index (χ2v) is 5.91. The van der Waals surface area contributed by atoms with Gasteiger partial charge in [0, 0.05) is 30.6 Å². The summed E-state index contributed by atoms with van der Waals surface area (Å²) in [4.78, 5) is 20.9. The summed E-state index contributed by atoms with van der Waals surface area (Å²) in [6.07, 6.45) is 2.41. The number of aromatic nitrogens is 4. The molecule has 1 saturated heterocycles. The van der Waals surface area contributed by atoms with Crippen LogP contribution in [-0.2, 0) is 11.8 Å². The van der Waals surface area contributed by atoms with Gasteiger partial charge in [-0.2, -0.15) is 5.10 Å². The molecule has 0 aromatic carbocycles. The fraction of sp³-hybridized carbons (Fsp3) is 0.500. The Morgan fingerprint density at radius 2 is 2.13 bits per heavy atom. The predicted molar refractivity (Wildman–Crippen MR) is 84.0 cm³/mol. The van der Waals surface area contributed by atoms with E-state index in [0.717, 1.165) is 23.4 Å². The van der Waals surface area contributed by atoms with Gasteiger partial charge in [0.15, 0.2) is 0 Å². The Hall–Kier alpha value is -2.28. The summed E-state index contributed by atoms with van der Waals surface area (Å²) >= 11 is 0. The first-order chi connectivity index (χ1) is 11.0. The van der Waals surface area contributed by atoms with Gasteiger partial charge in [0.25, 0.3) is 5.91 Å². The first-order valence-electron chi connectivity index (χ1n) is 7.69. The predicted octanol–water partition coefficient (Wildman–Crippen LogP) is 1.40. The van der Waals surface area contributed by atoms with Crippen molar-refractivity contribution in [3.05, 3.63) is 40.7 Å². The van der Waals surface area contributed by atoms with Crippen LogP contribution in [0, 0.1) is 20.8 Å². The molecule has 2 atom stereocenters. The van der Waals surface area contributed by atoms with Gasteiger partial charge >= 0.3 is 0 Å². The number of rotatable bonds is 3. The SMILES string of the molecule is Cc1cc(C(=O)N[C@H]2CCO[C@@H]2c2cnn(C)c2C)nc(C)n1. The molecule has 23 heavy (non-hydrogen) atoms. The molecule has 0 aliphatic carbocycles. The van der Waals surface area contributed by atoms with Crippen LogP contribution in [0.2, 0.25) is 0 Å². The van der Waals surface area contributed by atoms with Crippen molar-refractivity contribution < 1.29 is 9.53 Å². The van der Waals surface area contributed by atoms with Crippen LogP contribution in [0.4, 0.5) is 0 Å². The largest absolute Gasteiger partial charge is 0.371 e. The number of amides is 1. The summed E-state index contributed by atoms with van der Waals surface area (Å²) < 4.78 is 7.64. The van der Waals surface area contributed by atoms with E-state index in [-0.39, 0.29) is 18.1 Å². The number of carbonyl (C=O) groups is 1. The number of carbonyl (C=O) groups excluding carboxylic acids is 1. The van der Waals surface area contributed by atoms with Gasteiger partial charge in [0.2, 0.25) is 0 Å². The first-order valence-corrected chi connectivity index (χ1v) is 7.69. The lowest BCUT2D eigenvalue weighted by atomic mass is 10.0. The average Bonchev–Trinajstić information content (AvgIpc) is 3.06. The van der Waals surface area contributed by atoms with Gasteiger partial charge in [-0.15, -0.1) is 0 Å². The van der Waals surface area contributed by atoms with Crippen molar-refractivity contribution in [3.63, 3.8) is 0 Å². The standard InChI is InChI=1S/C16H21N5O2/c1-9-7-14(19-11(3)18-9)16(22)20-13-5-6-23-15(13)12-8-17-21(4)10(12)2/h7-8,13,15H,5-6H2,1-4H3,(H,20,22)/t13-,15+/m0/s1. The van der Waals surface area contributed by atoms with E-state index in [1.807, 2.05) is 31.8 Å². The number of nitrogens with zero attached hydrogens (tertiary/aromatic N) is 4. The number of hydrogen-bond donors (Lipinski definition) is 1. The van der Waals surface area contributed by atoms with Crippen LogP contribution in [0.5, 0.6) is 0 Å². The van der Waals surface area contributed by atoms with Crippen LogP contribution in [0.1, 0.15) is 45.8 Å². The summed E-state index contributed by atoms with van der Waals surface area (Å²) in [5, 5.41) is 7.30. The molecule has 0 saturated carbocycles. The van der Waals surface area contributed by atoms with Crippen molar-refractivity contribution >= 4 is 5.91 Å². The van der Waals surface area contributed by atoms with Crippen molar-refractivity contribution in [1.29, 1.82) is 0 Å². The lowest BCUT2D eigenvalue weighted by Gasteiger charge is -2.19. The van der Waals surface area contributed by atoms with Crippen LogP contribution in [0.25, 0.3) is 0 Å². The smallest absolute Gasteiger partial charge is 0.270 e. The van der Waals surface area contributed by atoms with Crippen molar-refractivity contribution in [3.8, 4) is 0 Å². The molecule has 1 aliphatic heterocycles.